The average molecular weight is 295 g/mol. The molecule has 2 amide bonds. The van der Waals surface area contributed by atoms with Gasteiger partial charge in [-0.2, -0.15) is 0 Å². The standard InChI is InChI=1S/C15H19ClN2O2/c1-9(2)18-15(20)12-7-11(12)14(19)17-8-10-5-3-4-6-13(10)16/h3-6,9,11-12H,7-8H2,1-2H3,(H,17,19)(H,18,20). The van der Waals surface area contributed by atoms with Gasteiger partial charge in [0.25, 0.3) is 0 Å². The second-order valence-electron chi connectivity index (χ2n) is 5.42. The Morgan fingerprint density at radius 2 is 1.90 bits per heavy atom. The van der Waals surface area contributed by atoms with Crippen LogP contribution in [0.3, 0.4) is 0 Å². The van der Waals surface area contributed by atoms with Crippen molar-refractivity contribution in [2.75, 3.05) is 0 Å². The lowest BCUT2D eigenvalue weighted by Crippen LogP contribution is -2.33. The molecule has 1 fully saturated rings. The zero-order chi connectivity index (χ0) is 14.7. The second kappa shape index (κ2) is 6.27. The van der Waals surface area contributed by atoms with Gasteiger partial charge in [0.2, 0.25) is 11.8 Å². The highest BCUT2D eigenvalue weighted by molar-refractivity contribution is 6.31. The quantitative estimate of drug-likeness (QED) is 0.874. The van der Waals surface area contributed by atoms with Gasteiger partial charge in [-0.05, 0) is 31.9 Å². The van der Waals surface area contributed by atoms with Crippen molar-refractivity contribution in [3.63, 3.8) is 0 Å². The summed E-state index contributed by atoms with van der Waals surface area (Å²) in [5.74, 6) is -0.480. The summed E-state index contributed by atoms with van der Waals surface area (Å²) in [4.78, 5) is 23.7. The number of hydrogen-bond acceptors (Lipinski definition) is 2. The smallest absolute Gasteiger partial charge is 0.224 e. The minimum absolute atomic E-state index is 0.0297. The number of carbonyl (C=O) groups is 2. The monoisotopic (exact) mass is 294 g/mol. The number of halogens is 1. The van der Waals surface area contributed by atoms with E-state index in [0.29, 0.717) is 18.0 Å². The lowest BCUT2D eigenvalue weighted by molar-refractivity contribution is -0.127. The number of carbonyl (C=O) groups excluding carboxylic acids is 2. The first kappa shape index (κ1) is 14.9. The molecule has 1 aromatic carbocycles. The normalized spacial score (nSPS) is 20.6. The maximum atomic E-state index is 12.0. The van der Waals surface area contributed by atoms with E-state index < -0.39 is 0 Å². The molecule has 0 spiro atoms. The van der Waals surface area contributed by atoms with Crippen LogP contribution in [0.4, 0.5) is 0 Å². The van der Waals surface area contributed by atoms with Crippen molar-refractivity contribution < 1.29 is 9.59 Å². The summed E-state index contributed by atoms with van der Waals surface area (Å²) >= 11 is 6.02. The SMILES string of the molecule is CC(C)NC(=O)C1CC1C(=O)NCc1ccccc1Cl. The van der Waals surface area contributed by atoms with E-state index in [1.54, 1.807) is 6.07 Å². The fraction of sp³-hybridized carbons (Fsp3) is 0.467. The molecule has 0 bridgehead atoms. The van der Waals surface area contributed by atoms with Crippen molar-refractivity contribution in [3.8, 4) is 0 Å². The third kappa shape index (κ3) is 3.73. The Labute approximate surface area is 123 Å². The largest absolute Gasteiger partial charge is 0.354 e. The number of rotatable bonds is 5. The van der Waals surface area contributed by atoms with Crippen LogP contribution in [0.5, 0.6) is 0 Å². The van der Waals surface area contributed by atoms with Crippen molar-refractivity contribution >= 4 is 23.4 Å². The van der Waals surface area contributed by atoms with Gasteiger partial charge < -0.3 is 10.6 Å². The minimum atomic E-state index is -0.198. The molecule has 0 aromatic heterocycles. The fourth-order valence-corrected chi connectivity index (χ4v) is 2.32. The minimum Gasteiger partial charge on any atom is -0.354 e. The number of amides is 2. The molecule has 0 heterocycles. The fourth-order valence-electron chi connectivity index (χ4n) is 2.12. The number of hydrogen-bond donors (Lipinski definition) is 2. The van der Waals surface area contributed by atoms with Crippen molar-refractivity contribution in [2.24, 2.45) is 11.8 Å². The van der Waals surface area contributed by atoms with Gasteiger partial charge in [-0.15, -0.1) is 0 Å². The van der Waals surface area contributed by atoms with Crippen LogP contribution in [-0.4, -0.2) is 17.9 Å². The van der Waals surface area contributed by atoms with Gasteiger partial charge >= 0.3 is 0 Å². The van der Waals surface area contributed by atoms with Crippen LogP contribution in [0.15, 0.2) is 24.3 Å². The number of nitrogens with one attached hydrogen (secondary N) is 2. The van der Waals surface area contributed by atoms with E-state index in [1.165, 1.54) is 0 Å². The van der Waals surface area contributed by atoms with E-state index in [4.69, 9.17) is 11.6 Å². The van der Waals surface area contributed by atoms with Gasteiger partial charge in [-0.3, -0.25) is 9.59 Å². The molecule has 1 aliphatic carbocycles. The molecular weight excluding hydrogens is 276 g/mol. The van der Waals surface area contributed by atoms with Crippen LogP contribution in [0.1, 0.15) is 25.8 Å². The molecule has 0 radical (unpaired) electrons. The van der Waals surface area contributed by atoms with Gasteiger partial charge in [-0.1, -0.05) is 29.8 Å². The Kier molecular flexibility index (Phi) is 4.65. The Bertz CT molecular complexity index is 516. The van der Waals surface area contributed by atoms with Crippen molar-refractivity contribution in [3.05, 3.63) is 34.9 Å². The zero-order valence-corrected chi connectivity index (χ0v) is 12.4. The molecule has 20 heavy (non-hydrogen) atoms. The predicted octanol–water partition coefficient (Wildman–Crippen LogP) is 2.12. The van der Waals surface area contributed by atoms with E-state index in [9.17, 15) is 9.59 Å². The van der Waals surface area contributed by atoms with Crippen LogP contribution in [-0.2, 0) is 16.1 Å². The van der Waals surface area contributed by atoms with Crippen LogP contribution >= 0.6 is 11.6 Å². The Balaban J connectivity index is 1.80. The van der Waals surface area contributed by atoms with Crippen LogP contribution < -0.4 is 10.6 Å². The average Bonchev–Trinajstić information content (AvgIpc) is 3.17. The lowest BCUT2D eigenvalue weighted by Gasteiger charge is -2.08. The first-order chi connectivity index (χ1) is 9.49. The molecule has 0 aliphatic heterocycles. The van der Waals surface area contributed by atoms with Gasteiger partial charge in [0.05, 0.1) is 11.8 Å². The lowest BCUT2D eigenvalue weighted by atomic mass is 10.2. The molecule has 108 valence electrons. The van der Waals surface area contributed by atoms with Gasteiger partial charge in [0.1, 0.15) is 0 Å². The molecule has 1 aliphatic rings. The van der Waals surface area contributed by atoms with E-state index in [-0.39, 0.29) is 29.7 Å². The maximum Gasteiger partial charge on any atom is 0.224 e. The Morgan fingerprint density at radius 3 is 2.55 bits per heavy atom. The molecule has 2 N–H and O–H groups in total. The third-order valence-corrected chi connectivity index (χ3v) is 3.67. The summed E-state index contributed by atoms with van der Waals surface area (Å²) in [7, 11) is 0. The molecule has 2 rings (SSSR count). The summed E-state index contributed by atoms with van der Waals surface area (Å²) < 4.78 is 0. The van der Waals surface area contributed by atoms with E-state index in [0.717, 1.165) is 5.56 Å². The van der Waals surface area contributed by atoms with E-state index in [1.807, 2.05) is 32.0 Å². The van der Waals surface area contributed by atoms with Crippen molar-refractivity contribution in [1.82, 2.24) is 10.6 Å². The van der Waals surface area contributed by atoms with Gasteiger partial charge in [-0.25, -0.2) is 0 Å². The molecule has 1 aromatic rings. The number of benzene rings is 1. The van der Waals surface area contributed by atoms with Crippen LogP contribution in [0.25, 0.3) is 0 Å². The summed E-state index contributed by atoms with van der Waals surface area (Å²) in [6.07, 6.45) is 0.632. The molecule has 5 heteroatoms. The highest BCUT2D eigenvalue weighted by Gasteiger charge is 2.47. The summed E-state index contributed by atoms with van der Waals surface area (Å²) in [6.45, 7) is 4.22. The van der Waals surface area contributed by atoms with Crippen LogP contribution in [0, 0.1) is 11.8 Å². The Hall–Kier alpha value is -1.55. The summed E-state index contributed by atoms with van der Waals surface area (Å²) in [6, 6.07) is 7.50. The molecule has 1 saturated carbocycles. The topological polar surface area (TPSA) is 58.2 Å². The van der Waals surface area contributed by atoms with Gasteiger partial charge in [0.15, 0.2) is 0 Å². The molecule has 0 saturated heterocycles. The van der Waals surface area contributed by atoms with E-state index >= 15 is 0 Å². The van der Waals surface area contributed by atoms with Gasteiger partial charge in [0, 0.05) is 17.6 Å². The summed E-state index contributed by atoms with van der Waals surface area (Å²) in [5.41, 5.74) is 0.881. The van der Waals surface area contributed by atoms with Crippen molar-refractivity contribution in [2.45, 2.75) is 32.9 Å². The first-order valence-electron chi connectivity index (χ1n) is 6.80. The van der Waals surface area contributed by atoms with Crippen LogP contribution in [0.2, 0.25) is 5.02 Å². The molecule has 2 atom stereocenters. The van der Waals surface area contributed by atoms with Crippen molar-refractivity contribution in [1.29, 1.82) is 0 Å². The molecule has 4 nitrogen and oxygen atoms in total. The highest BCUT2D eigenvalue weighted by Crippen LogP contribution is 2.38. The Morgan fingerprint density at radius 1 is 1.25 bits per heavy atom. The molecular formula is C15H19ClN2O2. The summed E-state index contributed by atoms with van der Waals surface area (Å²) in [5, 5.41) is 6.31. The zero-order valence-electron chi connectivity index (χ0n) is 11.7. The first-order valence-corrected chi connectivity index (χ1v) is 7.18. The second-order valence-corrected chi connectivity index (χ2v) is 5.83. The third-order valence-electron chi connectivity index (χ3n) is 3.31. The molecule has 2 unspecified atom stereocenters. The maximum absolute atomic E-state index is 12.0. The van der Waals surface area contributed by atoms with E-state index in [2.05, 4.69) is 10.6 Å². The predicted molar refractivity (Wildman–Crippen MR) is 78.2 cm³/mol. The highest BCUT2D eigenvalue weighted by atomic mass is 35.5.